The van der Waals surface area contributed by atoms with E-state index < -0.39 is 30.1 Å². The minimum atomic E-state index is -5.08. The SMILES string of the molecule is C=CCON[C@@H]1CC[C@@H](C(=O)OCc2ccccc2)N(C(=O)C(F)(F)F)C1. The molecule has 0 saturated carbocycles. The number of hydrogen-bond donors (Lipinski definition) is 1. The molecule has 1 fully saturated rings. The summed E-state index contributed by atoms with van der Waals surface area (Å²) in [5.41, 5.74) is 3.29. The summed E-state index contributed by atoms with van der Waals surface area (Å²) < 4.78 is 44.0. The number of benzene rings is 1. The Bertz CT molecular complexity index is 652. The molecule has 2 atom stereocenters. The number of likely N-dealkylation sites (tertiary alicyclic amines) is 1. The summed E-state index contributed by atoms with van der Waals surface area (Å²) in [5, 5.41) is 0. The van der Waals surface area contributed by atoms with Crippen molar-refractivity contribution in [2.75, 3.05) is 13.2 Å². The van der Waals surface area contributed by atoms with E-state index in [1.165, 1.54) is 6.08 Å². The Morgan fingerprint density at radius 2 is 1.96 bits per heavy atom. The fraction of sp³-hybridized carbons (Fsp3) is 0.444. The zero-order chi connectivity index (χ0) is 19.9. The van der Waals surface area contributed by atoms with E-state index in [9.17, 15) is 22.8 Å². The third-order valence-corrected chi connectivity index (χ3v) is 4.03. The number of amides is 1. The topological polar surface area (TPSA) is 67.9 Å². The zero-order valence-electron chi connectivity index (χ0n) is 14.6. The quantitative estimate of drug-likeness (QED) is 0.337. The minimum absolute atomic E-state index is 0.0323. The normalized spacial score (nSPS) is 20.2. The lowest BCUT2D eigenvalue weighted by molar-refractivity contribution is -0.193. The third-order valence-electron chi connectivity index (χ3n) is 4.03. The number of rotatable bonds is 7. The first-order chi connectivity index (χ1) is 12.8. The number of nitrogens with zero attached hydrogens (tertiary/aromatic N) is 1. The van der Waals surface area contributed by atoms with Gasteiger partial charge in [-0.3, -0.25) is 9.63 Å². The number of halogens is 3. The van der Waals surface area contributed by atoms with Gasteiger partial charge >= 0.3 is 18.1 Å². The Hall–Kier alpha value is -2.39. The zero-order valence-corrected chi connectivity index (χ0v) is 14.6. The molecule has 1 aromatic rings. The Kier molecular flexibility index (Phi) is 7.37. The molecular weight excluding hydrogens is 365 g/mol. The molecule has 0 bridgehead atoms. The summed E-state index contributed by atoms with van der Waals surface area (Å²) >= 11 is 0. The van der Waals surface area contributed by atoms with Gasteiger partial charge in [-0.05, 0) is 18.4 Å². The molecule has 0 aliphatic carbocycles. The van der Waals surface area contributed by atoms with Gasteiger partial charge in [0, 0.05) is 12.6 Å². The lowest BCUT2D eigenvalue weighted by Gasteiger charge is -2.38. The number of alkyl halides is 3. The van der Waals surface area contributed by atoms with Crippen molar-refractivity contribution in [2.24, 2.45) is 0 Å². The maximum Gasteiger partial charge on any atom is 0.471 e. The van der Waals surface area contributed by atoms with Gasteiger partial charge in [-0.2, -0.15) is 18.7 Å². The van der Waals surface area contributed by atoms with Gasteiger partial charge in [0.05, 0.1) is 6.61 Å². The van der Waals surface area contributed by atoms with Gasteiger partial charge in [0.25, 0.3) is 0 Å². The first-order valence-corrected chi connectivity index (χ1v) is 8.39. The molecule has 2 rings (SSSR count). The van der Waals surface area contributed by atoms with Gasteiger partial charge in [0.15, 0.2) is 0 Å². The number of carbonyl (C=O) groups excluding carboxylic acids is 2. The van der Waals surface area contributed by atoms with Crippen LogP contribution in [-0.2, 0) is 25.8 Å². The van der Waals surface area contributed by atoms with E-state index in [0.717, 1.165) is 0 Å². The lowest BCUT2D eigenvalue weighted by atomic mass is 9.98. The summed E-state index contributed by atoms with van der Waals surface area (Å²) in [6.45, 7) is 3.23. The lowest BCUT2D eigenvalue weighted by Crippen LogP contribution is -2.58. The number of hydrogen-bond acceptors (Lipinski definition) is 5. The van der Waals surface area contributed by atoms with Crippen LogP contribution >= 0.6 is 0 Å². The van der Waals surface area contributed by atoms with Gasteiger partial charge < -0.3 is 9.64 Å². The van der Waals surface area contributed by atoms with Crippen LogP contribution in [0.15, 0.2) is 43.0 Å². The predicted octanol–water partition coefficient (Wildman–Crippen LogP) is 2.36. The molecule has 148 valence electrons. The molecule has 1 N–H and O–H groups in total. The van der Waals surface area contributed by atoms with E-state index in [1.54, 1.807) is 30.3 Å². The van der Waals surface area contributed by atoms with E-state index in [1.807, 2.05) is 0 Å². The number of ether oxygens (including phenoxy) is 1. The van der Waals surface area contributed by atoms with Crippen molar-refractivity contribution in [3.8, 4) is 0 Å². The van der Waals surface area contributed by atoms with Crippen LogP contribution in [0.5, 0.6) is 0 Å². The number of piperidine rings is 1. The second-order valence-corrected chi connectivity index (χ2v) is 6.06. The molecule has 0 radical (unpaired) electrons. The van der Waals surface area contributed by atoms with Gasteiger partial charge in [-0.25, -0.2) is 4.79 Å². The number of nitrogens with one attached hydrogen (secondary N) is 1. The van der Waals surface area contributed by atoms with Gasteiger partial charge in [-0.15, -0.1) is 6.58 Å². The van der Waals surface area contributed by atoms with Gasteiger partial charge in [-0.1, -0.05) is 36.4 Å². The van der Waals surface area contributed by atoms with Crippen LogP contribution in [-0.4, -0.2) is 48.2 Å². The van der Waals surface area contributed by atoms with E-state index in [-0.39, 0.29) is 26.2 Å². The molecule has 1 saturated heterocycles. The van der Waals surface area contributed by atoms with Crippen molar-refractivity contribution >= 4 is 11.9 Å². The number of carbonyl (C=O) groups is 2. The van der Waals surface area contributed by atoms with Gasteiger partial charge in [0.1, 0.15) is 12.6 Å². The highest BCUT2D eigenvalue weighted by Gasteiger charge is 2.48. The van der Waals surface area contributed by atoms with Crippen molar-refractivity contribution in [3.63, 3.8) is 0 Å². The summed E-state index contributed by atoms with van der Waals surface area (Å²) in [4.78, 5) is 29.7. The highest BCUT2D eigenvalue weighted by molar-refractivity contribution is 5.88. The van der Waals surface area contributed by atoms with E-state index in [0.29, 0.717) is 16.9 Å². The molecule has 1 amide bonds. The molecule has 1 aliphatic heterocycles. The Morgan fingerprint density at radius 1 is 1.26 bits per heavy atom. The average Bonchev–Trinajstić information content (AvgIpc) is 2.65. The molecule has 9 heteroatoms. The fourth-order valence-electron chi connectivity index (χ4n) is 2.75. The molecule has 0 aromatic heterocycles. The smallest absolute Gasteiger partial charge is 0.459 e. The summed E-state index contributed by atoms with van der Waals surface area (Å²) in [6, 6.07) is 6.92. The molecule has 1 aromatic carbocycles. The molecule has 6 nitrogen and oxygen atoms in total. The van der Waals surface area contributed by atoms with Crippen LogP contribution in [0, 0.1) is 0 Å². The standard InChI is InChI=1S/C18H21F3N2O4/c1-2-10-27-22-14-8-9-15(23(11-14)17(25)18(19,20)21)16(24)26-12-13-6-4-3-5-7-13/h2-7,14-15,22H,1,8-12H2/t14-,15+/m1/s1. The molecule has 27 heavy (non-hydrogen) atoms. The Labute approximate surface area is 154 Å². The molecule has 1 aliphatic rings. The maximum absolute atomic E-state index is 12.9. The van der Waals surface area contributed by atoms with E-state index in [4.69, 9.17) is 9.57 Å². The van der Waals surface area contributed by atoms with E-state index >= 15 is 0 Å². The molecule has 1 heterocycles. The first-order valence-electron chi connectivity index (χ1n) is 8.39. The first kappa shape index (κ1) is 20.9. The van der Waals surface area contributed by atoms with Crippen LogP contribution in [0.2, 0.25) is 0 Å². The molecule has 0 unspecified atom stereocenters. The second-order valence-electron chi connectivity index (χ2n) is 6.06. The van der Waals surface area contributed by atoms with Crippen LogP contribution in [0.4, 0.5) is 13.2 Å². The monoisotopic (exact) mass is 386 g/mol. The summed E-state index contributed by atoms with van der Waals surface area (Å²) in [5.74, 6) is -2.93. The minimum Gasteiger partial charge on any atom is -0.459 e. The van der Waals surface area contributed by atoms with Crippen molar-refractivity contribution in [3.05, 3.63) is 48.6 Å². The Morgan fingerprint density at radius 3 is 2.59 bits per heavy atom. The predicted molar refractivity (Wildman–Crippen MR) is 90.1 cm³/mol. The number of hydroxylamine groups is 1. The average molecular weight is 386 g/mol. The van der Waals surface area contributed by atoms with Crippen LogP contribution < -0.4 is 5.48 Å². The van der Waals surface area contributed by atoms with Crippen LogP contribution in [0.1, 0.15) is 18.4 Å². The van der Waals surface area contributed by atoms with Crippen molar-refractivity contribution < 1.29 is 32.3 Å². The van der Waals surface area contributed by atoms with Crippen molar-refractivity contribution in [2.45, 2.75) is 37.7 Å². The van der Waals surface area contributed by atoms with Gasteiger partial charge in [0.2, 0.25) is 0 Å². The molecule has 0 spiro atoms. The van der Waals surface area contributed by atoms with Crippen molar-refractivity contribution in [1.82, 2.24) is 10.4 Å². The highest BCUT2D eigenvalue weighted by Crippen LogP contribution is 2.26. The van der Waals surface area contributed by atoms with Crippen LogP contribution in [0.3, 0.4) is 0 Å². The summed E-state index contributed by atoms with van der Waals surface area (Å²) in [6.07, 6.45) is -3.23. The molecular formula is C18H21F3N2O4. The largest absolute Gasteiger partial charge is 0.471 e. The maximum atomic E-state index is 12.9. The van der Waals surface area contributed by atoms with E-state index in [2.05, 4.69) is 12.1 Å². The van der Waals surface area contributed by atoms with Crippen molar-refractivity contribution in [1.29, 1.82) is 0 Å². The third kappa shape index (κ3) is 6.07. The fourth-order valence-corrected chi connectivity index (χ4v) is 2.75. The van der Waals surface area contributed by atoms with Crippen LogP contribution in [0.25, 0.3) is 0 Å². The number of esters is 1. The Balaban J connectivity index is 2.04. The second kappa shape index (κ2) is 9.52. The highest BCUT2D eigenvalue weighted by atomic mass is 19.4. The summed E-state index contributed by atoms with van der Waals surface area (Å²) in [7, 11) is 0.